The predicted molar refractivity (Wildman–Crippen MR) is 184 cm³/mol. The first-order valence-corrected chi connectivity index (χ1v) is 15.3. The lowest BCUT2D eigenvalue weighted by molar-refractivity contribution is 0.769. The average molecular weight is 560 g/mol. The summed E-state index contributed by atoms with van der Waals surface area (Å²) in [6, 6.07) is 64.5. The van der Waals surface area contributed by atoms with E-state index in [1.165, 1.54) is 72.0 Å². The van der Waals surface area contributed by atoms with Crippen molar-refractivity contribution in [3.05, 3.63) is 198 Å². The van der Waals surface area contributed by atoms with Gasteiger partial charge in [0.25, 0.3) is 0 Å². The maximum atomic E-state index is 2.44. The Morgan fingerprint density at radius 3 is 1.59 bits per heavy atom. The Morgan fingerprint density at radius 1 is 0.364 bits per heavy atom. The van der Waals surface area contributed by atoms with Crippen LogP contribution >= 0.6 is 0 Å². The van der Waals surface area contributed by atoms with Gasteiger partial charge in [0, 0.05) is 16.5 Å². The van der Waals surface area contributed by atoms with Gasteiger partial charge in [-0.2, -0.15) is 0 Å². The van der Waals surface area contributed by atoms with E-state index in [2.05, 4.69) is 180 Å². The minimum atomic E-state index is -0.408. The Bertz CT molecular complexity index is 2230. The molecule has 0 saturated heterocycles. The van der Waals surface area contributed by atoms with Crippen LogP contribution in [0, 0.1) is 0 Å². The Labute approximate surface area is 257 Å². The van der Waals surface area contributed by atoms with Crippen molar-refractivity contribution in [2.45, 2.75) is 5.41 Å². The molecule has 0 spiro atoms. The van der Waals surface area contributed by atoms with Crippen molar-refractivity contribution < 1.29 is 0 Å². The number of rotatable bonds is 4. The molecule has 0 fully saturated rings. The van der Waals surface area contributed by atoms with E-state index in [9.17, 15) is 0 Å². The van der Waals surface area contributed by atoms with Crippen LogP contribution in [0.1, 0.15) is 22.3 Å². The Hall–Kier alpha value is -5.66. The minimum absolute atomic E-state index is 0.408. The van der Waals surface area contributed by atoms with Crippen molar-refractivity contribution >= 4 is 21.8 Å². The molecule has 206 valence electrons. The molecule has 44 heavy (non-hydrogen) atoms. The van der Waals surface area contributed by atoms with Gasteiger partial charge in [0.1, 0.15) is 0 Å². The van der Waals surface area contributed by atoms with Crippen LogP contribution in [0.25, 0.3) is 49.7 Å². The summed E-state index contributed by atoms with van der Waals surface area (Å²) in [4.78, 5) is 0. The molecule has 0 bridgehead atoms. The summed E-state index contributed by atoms with van der Waals surface area (Å²) < 4.78 is 2.40. The first-order valence-electron chi connectivity index (χ1n) is 15.3. The van der Waals surface area contributed by atoms with E-state index in [-0.39, 0.29) is 0 Å². The number of aromatic nitrogens is 1. The van der Waals surface area contributed by atoms with Crippen LogP contribution < -0.4 is 0 Å². The van der Waals surface area contributed by atoms with Crippen molar-refractivity contribution in [2.75, 3.05) is 0 Å². The van der Waals surface area contributed by atoms with Crippen LogP contribution in [0.2, 0.25) is 0 Å². The van der Waals surface area contributed by atoms with Crippen LogP contribution in [0.5, 0.6) is 0 Å². The molecule has 1 heteroatoms. The highest BCUT2D eigenvalue weighted by molar-refractivity contribution is 6.09. The normalized spacial score (nSPS) is 13.2. The molecule has 9 rings (SSSR count). The van der Waals surface area contributed by atoms with Crippen LogP contribution in [0.15, 0.2) is 176 Å². The number of hydrogen-bond acceptors (Lipinski definition) is 0. The van der Waals surface area contributed by atoms with Gasteiger partial charge in [0.05, 0.1) is 16.4 Å². The maximum Gasteiger partial charge on any atom is 0.0713 e. The molecule has 1 aliphatic rings. The second-order valence-corrected chi connectivity index (χ2v) is 11.7. The number of fused-ring (bicyclic) bond motifs is 6. The number of hydrogen-bond donors (Lipinski definition) is 0. The molecule has 1 nitrogen and oxygen atoms in total. The van der Waals surface area contributed by atoms with Gasteiger partial charge < -0.3 is 4.57 Å². The fourth-order valence-corrected chi connectivity index (χ4v) is 7.65. The van der Waals surface area contributed by atoms with E-state index in [4.69, 9.17) is 0 Å². The summed E-state index contributed by atoms with van der Waals surface area (Å²) >= 11 is 0. The van der Waals surface area contributed by atoms with E-state index >= 15 is 0 Å². The lowest BCUT2D eigenvalue weighted by Crippen LogP contribution is -2.28. The largest absolute Gasteiger partial charge is 0.309 e. The van der Waals surface area contributed by atoms with Crippen molar-refractivity contribution in [2.24, 2.45) is 0 Å². The molecule has 0 unspecified atom stereocenters. The third-order valence-electron chi connectivity index (χ3n) is 9.48. The summed E-state index contributed by atoms with van der Waals surface area (Å²) in [5.74, 6) is 0. The molecule has 0 saturated carbocycles. The molecule has 1 aliphatic carbocycles. The van der Waals surface area contributed by atoms with Gasteiger partial charge >= 0.3 is 0 Å². The average Bonchev–Trinajstić information content (AvgIpc) is 3.60. The van der Waals surface area contributed by atoms with Crippen molar-refractivity contribution in [3.8, 4) is 27.9 Å². The molecule has 0 amide bonds. The zero-order valence-electron chi connectivity index (χ0n) is 24.2. The third kappa shape index (κ3) is 3.47. The molecule has 0 N–H and O–H groups in total. The van der Waals surface area contributed by atoms with E-state index in [1.807, 2.05) is 0 Å². The predicted octanol–water partition coefficient (Wildman–Crippen LogP) is 10.8. The lowest BCUT2D eigenvalue weighted by Gasteiger charge is -2.34. The summed E-state index contributed by atoms with van der Waals surface area (Å²) in [5, 5.41) is 2.55. The van der Waals surface area contributed by atoms with Crippen LogP contribution in [-0.4, -0.2) is 4.57 Å². The van der Waals surface area contributed by atoms with Crippen molar-refractivity contribution in [3.63, 3.8) is 0 Å². The second kappa shape index (κ2) is 9.69. The lowest BCUT2D eigenvalue weighted by atomic mass is 9.67. The Kier molecular flexibility index (Phi) is 5.48. The summed E-state index contributed by atoms with van der Waals surface area (Å²) in [6.45, 7) is 0. The first-order chi connectivity index (χ1) is 21.8. The van der Waals surface area contributed by atoms with E-state index < -0.39 is 5.41 Å². The highest BCUT2D eigenvalue weighted by atomic mass is 15.0. The highest BCUT2D eigenvalue weighted by Crippen LogP contribution is 2.56. The van der Waals surface area contributed by atoms with E-state index in [0.29, 0.717) is 0 Å². The Morgan fingerprint density at radius 2 is 0.909 bits per heavy atom. The maximum absolute atomic E-state index is 2.44. The van der Waals surface area contributed by atoms with E-state index in [0.717, 1.165) is 0 Å². The summed E-state index contributed by atoms with van der Waals surface area (Å²) in [6.07, 6.45) is 0. The zero-order valence-corrected chi connectivity index (χ0v) is 24.2. The zero-order chi connectivity index (χ0) is 29.1. The Balaban J connectivity index is 1.29. The monoisotopic (exact) mass is 559 g/mol. The molecule has 0 aliphatic heterocycles. The molecule has 8 aromatic rings. The SMILES string of the molecule is c1ccc(C2(c3ccccc3)c3ccccc3-c3ccc(-c4cccc(-n5c6ccccc6c6ccccc65)c4)cc32)cc1. The van der Waals surface area contributed by atoms with Gasteiger partial charge in [0.15, 0.2) is 0 Å². The second-order valence-electron chi connectivity index (χ2n) is 11.7. The number of para-hydroxylation sites is 2. The first kappa shape index (κ1) is 24.9. The van der Waals surface area contributed by atoms with Gasteiger partial charge in [-0.3, -0.25) is 0 Å². The molecule has 1 aromatic heterocycles. The quantitative estimate of drug-likeness (QED) is 0.202. The topological polar surface area (TPSA) is 4.93 Å². The fraction of sp³-hybridized carbons (Fsp3) is 0.0233. The van der Waals surface area contributed by atoms with Gasteiger partial charge in [-0.05, 0) is 74.8 Å². The summed E-state index contributed by atoms with van der Waals surface area (Å²) in [5.41, 5.74) is 13.5. The number of nitrogens with zero attached hydrogens (tertiary/aromatic N) is 1. The van der Waals surface area contributed by atoms with Crippen molar-refractivity contribution in [1.29, 1.82) is 0 Å². The smallest absolute Gasteiger partial charge is 0.0713 e. The molecule has 0 atom stereocenters. The molecular formula is C43H29N. The van der Waals surface area contributed by atoms with Crippen molar-refractivity contribution in [1.82, 2.24) is 4.57 Å². The van der Waals surface area contributed by atoms with Crippen LogP contribution in [0.3, 0.4) is 0 Å². The minimum Gasteiger partial charge on any atom is -0.309 e. The van der Waals surface area contributed by atoms with E-state index in [1.54, 1.807) is 0 Å². The van der Waals surface area contributed by atoms with Crippen LogP contribution in [-0.2, 0) is 5.41 Å². The third-order valence-corrected chi connectivity index (χ3v) is 9.48. The van der Waals surface area contributed by atoms with Gasteiger partial charge in [-0.25, -0.2) is 0 Å². The van der Waals surface area contributed by atoms with Gasteiger partial charge in [0.2, 0.25) is 0 Å². The van der Waals surface area contributed by atoms with Gasteiger partial charge in [-0.1, -0.05) is 146 Å². The molecule has 0 radical (unpaired) electrons. The highest BCUT2D eigenvalue weighted by Gasteiger charge is 2.46. The standard InChI is InChI=1S/C43H29N/c1-3-15-32(16-4-1)43(33-17-5-2-6-18-33)39-23-10-7-20-35(39)36-27-26-31(29-40(36)43)30-14-13-19-34(28-30)44-41-24-11-8-21-37(41)38-22-9-12-25-42(38)44/h1-29H. The molecule has 7 aromatic carbocycles. The fourth-order valence-electron chi connectivity index (χ4n) is 7.65. The molecule has 1 heterocycles. The van der Waals surface area contributed by atoms with Crippen LogP contribution in [0.4, 0.5) is 0 Å². The van der Waals surface area contributed by atoms with Gasteiger partial charge in [-0.15, -0.1) is 0 Å². The molecular weight excluding hydrogens is 530 g/mol. The summed E-state index contributed by atoms with van der Waals surface area (Å²) in [7, 11) is 0. The number of benzene rings is 7.